The Morgan fingerprint density at radius 2 is 1.59 bits per heavy atom. The minimum Gasteiger partial charge on any atom is -0.493 e. The third-order valence-electron chi connectivity index (χ3n) is 5.26. The predicted octanol–water partition coefficient (Wildman–Crippen LogP) is 6.07. The van der Waals surface area contributed by atoms with E-state index in [1.807, 2.05) is 13.0 Å². The van der Waals surface area contributed by atoms with Crippen LogP contribution in [0.25, 0.3) is 10.9 Å². The van der Waals surface area contributed by atoms with Crippen molar-refractivity contribution in [3.05, 3.63) is 84.3 Å². The summed E-state index contributed by atoms with van der Waals surface area (Å²) in [4.78, 5) is 16.7. The molecule has 0 aliphatic rings. The van der Waals surface area contributed by atoms with Gasteiger partial charge in [0.15, 0.2) is 11.5 Å². The average Bonchev–Trinajstić information content (AvgIpc) is 2.84. The van der Waals surface area contributed by atoms with Crippen LogP contribution in [0, 0.1) is 5.82 Å². The highest BCUT2D eigenvalue weighted by atomic mass is 19.1. The lowest BCUT2D eigenvalue weighted by atomic mass is 10.1. The van der Waals surface area contributed by atoms with Gasteiger partial charge in [-0.3, -0.25) is 4.98 Å². The highest BCUT2D eigenvalue weighted by molar-refractivity contribution is 5.90. The summed E-state index contributed by atoms with van der Waals surface area (Å²) in [6, 6.07) is 17.7. The molecule has 0 radical (unpaired) electrons. The Bertz CT molecular complexity index is 1290. The van der Waals surface area contributed by atoms with E-state index in [9.17, 15) is 9.18 Å². The quantitative estimate of drug-likeness (QED) is 0.349. The number of carbonyl (C=O) groups is 1. The Labute approximate surface area is 196 Å². The Morgan fingerprint density at radius 1 is 0.912 bits per heavy atom. The summed E-state index contributed by atoms with van der Waals surface area (Å²) in [5.74, 6) is 2.04. The Balaban J connectivity index is 1.43. The lowest BCUT2D eigenvalue weighted by Crippen LogP contribution is -2.31. The molecule has 0 spiro atoms. The van der Waals surface area contributed by atoms with Gasteiger partial charge in [0.05, 0.1) is 25.8 Å². The van der Waals surface area contributed by atoms with Crippen LogP contribution in [-0.4, -0.2) is 25.2 Å². The van der Waals surface area contributed by atoms with E-state index in [0.29, 0.717) is 34.2 Å². The summed E-state index contributed by atoms with van der Waals surface area (Å²) >= 11 is 0. The Morgan fingerprint density at radius 3 is 2.26 bits per heavy atom. The number of halogens is 1. The van der Waals surface area contributed by atoms with Gasteiger partial charge < -0.3 is 24.8 Å². The van der Waals surface area contributed by atoms with Gasteiger partial charge in [-0.25, -0.2) is 9.18 Å². The van der Waals surface area contributed by atoms with Crippen molar-refractivity contribution in [2.75, 3.05) is 19.5 Å². The molecule has 1 atom stereocenters. The van der Waals surface area contributed by atoms with Crippen molar-refractivity contribution >= 4 is 22.6 Å². The molecule has 1 aromatic heterocycles. The molecule has 0 saturated heterocycles. The maximum absolute atomic E-state index is 13.1. The number of nitrogens with zero attached hydrogens (tertiary/aromatic N) is 1. The number of pyridine rings is 1. The van der Waals surface area contributed by atoms with Crippen LogP contribution in [0.5, 0.6) is 23.0 Å². The van der Waals surface area contributed by atoms with Crippen molar-refractivity contribution in [1.29, 1.82) is 0 Å². The van der Waals surface area contributed by atoms with Crippen molar-refractivity contribution in [2.45, 2.75) is 13.0 Å². The minimum absolute atomic E-state index is 0.279. The number of benzene rings is 3. The van der Waals surface area contributed by atoms with Crippen molar-refractivity contribution in [2.24, 2.45) is 0 Å². The normalized spacial score (nSPS) is 11.5. The number of ether oxygens (including phenoxy) is 3. The molecule has 2 N–H and O–H groups in total. The zero-order valence-corrected chi connectivity index (χ0v) is 19.0. The van der Waals surface area contributed by atoms with Crippen LogP contribution >= 0.6 is 0 Å². The number of rotatable bonds is 7. The molecule has 0 aliphatic heterocycles. The highest BCUT2D eigenvalue weighted by Crippen LogP contribution is 2.37. The lowest BCUT2D eigenvalue weighted by Gasteiger charge is -2.15. The first-order valence-corrected chi connectivity index (χ1v) is 10.6. The molecule has 2 amide bonds. The summed E-state index contributed by atoms with van der Waals surface area (Å²) < 4.78 is 29.9. The van der Waals surface area contributed by atoms with Crippen molar-refractivity contribution < 1.29 is 23.4 Å². The van der Waals surface area contributed by atoms with Gasteiger partial charge in [0.2, 0.25) is 0 Å². The molecular formula is C26H24FN3O4. The number of urea groups is 1. The second kappa shape index (κ2) is 10.1. The number of methoxy groups -OCH3 is 2. The van der Waals surface area contributed by atoms with Crippen molar-refractivity contribution in [3.63, 3.8) is 0 Å². The summed E-state index contributed by atoms with van der Waals surface area (Å²) in [6.07, 6.45) is 1.66. The zero-order chi connectivity index (χ0) is 24.1. The van der Waals surface area contributed by atoms with E-state index in [1.165, 1.54) is 12.1 Å². The first-order valence-electron chi connectivity index (χ1n) is 10.6. The lowest BCUT2D eigenvalue weighted by molar-refractivity contribution is 0.249. The molecule has 0 unspecified atom stereocenters. The van der Waals surface area contributed by atoms with E-state index in [4.69, 9.17) is 14.2 Å². The second-order valence-corrected chi connectivity index (χ2v) is 7.53. The summed E-state index contributed by atoms with van der Waals surface area (Å²) in [5, 5.41) is 6.38. The summed E-state index contributed by atoms with van der Waals surface area (Å²) in [7, 11) is 3.15. The van der Waals surface area contributed by atoms with Gasteiger partial charge in [-0.1, -0.05) is 12.1 Å². The second-order valence-electron chi connectivity index (χ2n) is 7.53. The van der Waals surface area contributed by atoms with Crippen LogP contribution in [0.4, 0.5) is 14.9 Å². The standard InChI is InChI=1S/C26H24FN3O4/c1-16(17-4-6-18(27)7-5-17)29-26(31)30-19-8-10-20(11-9-19)34-23-12-13-28-22-15-25(33-3)24(32-2)14-21(22)23/h4-16H,1-3H3,(H2,29,30,31)/t16-/m0/s1. The number of amides is 2. The topological polar surface area (TPSA) is 81.7 Å². The van der Waals surface area contributed by atoms with E-state index in [-0.39, 0.29) is 17.9 Å². The number of carbonyl (C=O) groups excluding carboxylic acids is 1. The largest absolute Gasteiger partial charge is 0.493 e. The molecule has 0 aliphatic carbocycles. The summed E-state index contributed by atoms with van der Waals surface area (Å²) in [5.41, 5.74) is 2.11. The van der Waals surface area contributed by atoms with Crippen molar-refractivity contribution in [1.82, 2.24) is 10.3 Å². The third-order valence-corrected chi connectivity index (χ3v) is 5.26. The van der Waals surface area contributed by atoms with E-state index in [2.05, 4.69) is 15.6 Å². The van der Waals surface area contributed by atoms with Gasteiger partial charge in [-0.05, 0) is 61.0 Å². The Kier molecular flexibility index (Phi) is 6.77. The molecule has 0 bridgehead atoms. The van der Waals surface area contributed by atoms with E-state index < -0.39 is 0 Å². The fraction of sp³-hybridized carbons (Fsp3) is 0.154. The van der Waals surface area contributed by atoms with Crippen molar-refractivity contribution in [3.8, 4) is 23.0 Å². The number of aromatic nitrogens is 1. The molecule has 174 valence electrons. The van der Waals surface area contributed by atoms with E-state index in [0.717, 1.165) is 10.9 Å². The number of anilines is 1. The fourth-order valence-electron chi connectivity index (χ4n) is 3.47. The molecular weight excluding hydrogens is 437 g/mol. The van der Waals surface area contributed by atoms with E-state index in [1.54, 1.807) is 68.9 Å². The highest BCUT2D eigenvalue weighted by Gasteiger charge is 2.12. The van der Waals surface area contributed by atoms with Crippen LogP contribution in [-0.2, 0) is 0 Å². The van der Waals surface area contributed by atoms with Crippen LogP contribution in [0.1, 0.15) is 18.5 Å². The van der Waals surface area contributed by atoms with Crippen LogP contribution < -0.4 is 24.8 Å². The Hall–Kier alpha value is -4.33. The van der Waals surface area contributed by atoms with Crippen LogP contribution in [0.15, 0.2) is 72.9 Å². The maximum atomic E-state index is 13.1. The number of hydrogen-bond acceptors (Lipinski definition) is 5. The molecule has 0 saturated carbocycles. The predicted molar refractivity (Wildman–Crippen MR) is 128 cm³/mol. The smallest absolute Gasteiger partial charge is 0.319 e. The summed E-state index contributed by atoms with van der Waals surface area (Å²) in [6.45, 7) is 1.83. The number of fused-ring (bicyclic) bond motifs is 1. The molecule has 4 rings (SSSR count). The first kappa shape index (κ1) is 22.8. The monoisotopic (exact) mass is 461 g/mol. The maximum Gasteiger partial charge on any atom is 0.319 e. The zero-order valence-electron chi connectivity index (χ0n) is 19.0. The molecule has 34 heavy (non-hydrogen) atoms. The van der Waals surface area contributed by atoms with Crippen LogP contribution in [0.2, 0.25) is 0 Å². The molecule has 3 aromatic carbocycles. The molecule has 0 fully saturated rings. The first-order chi connectivity index (χ1) is 16.5. The minimum atomic E-state index is -0.369. The number of nitrogens with one attached hydrogen (secondary N) is 2. The average molecular weight is 461 g/mol. The molecule has 8 heteroatoms. The van der Waals surface area contributed by atoms with Gasteiger partial charge in [0, 0.05) is 23.3 Å². The van der Waals surface area contributed by atoms with Gasteiger partial charge in [0.25, 0.3) is 0 Å². The van der Waals surface area contributed by atoms with Gasteiger partial charge in [-0.2, -0.15) is 0 Å². The van der Waals surface area contributed by atoms with Crippen LogP contribution in [0.3, 0.4) is 0 Å². The molecule has 7 nitrogen and oxygen atoms in total. The fourth-order valence-corrected chi connectivity index (χ4v) is 3.47. The van der Waals surface area contributed by atoms with Gasteiger partial charge in [0.1, 0.15) is 17.3 Å². The van der Waals surface area contributed by atoms with E-state index >= 15 is 0 Å². The molecule has 4 aromatic rings. The SMILES string of the molecule is COc1cc2nccc(Oc3ccc(NC(=O)N[C@@H](C)c4ccc(F)cc4)cc3)c2cc1OC. The van der Waals surface area contributed by atoms with Gasteiger partial charge in [-0.15, -0.1) is 0 Å². The third kappa shape index (κ3) is 5.17. The number of hydrogen-bond donors (Lipinski definition) is 2. The van der Waals surface area contributed by atoms with Gasteiger partial charge >= 0.3 is 6.03 Å². The molecule has 1 heterocycles.